The largest absolute Gasteiger partial charge is 0.478 e. The van der Waals surface area contributed by atoms with E-state index in [0.29, 0.717) is 23.5 Å². The molecule has 0 aliphatic carbocycles. The third-order valence-corrected chi connectivity index (χ3v) is 3.14. The van der Waals surface area contributed by atoms with Crippen LogP contribution in [-0.4, -0.2) is 47.3 Å². The minimum atomic E-state index is -0.965. The molecule has 3 rings (SSSR count). The Hall–Kier alpha value is -1.92. The molecule has 6 nitrogen and oxygen atoms in total. The highest BCUT2D eigenvalue weighted by atomic mass is 16.5. The van der Waals surface area contributed by atoms with Crippen LogP contribution in [-0.2, 0) is 11.3 Å². The number of hydrogen-bond donors (Lipinski definition) is 1. The van der Waals surface area contributed by atoms with Gasteiger partial charge in [-0.2, -0.15) is 0 Å². The summed E-state index contributed by atoms with van der Waals surface area (Å²) in [4.78, 5) is 17.4. The Labute approximate surface area is 109 Å². The molecule has 19 heavy (non-hydrogen) atoms. The van der Waals surface area contributed by atoms with E-state index in [9.17, 15) is 4.79 Å². The summed E-state index contributed by atoms with van der Waals surface area (Å²) in [5.74, 6) is -0.354. The predicted octanol–water partition coefficient (Wildman–Crippen LogP) is 1.36. The molecule has 1 saturated heterocycles. The zero-order valence-corrected chi connectivity index (χ0v) is 10.3. The molecule has 0 spiro atoms. The highest BCUT2D eigenvalue weighted by molar-refractivity contribution is 5.91. The van der Waals surface area contributed by atoms with E-state index in [0.717, 1.165) is 26.3 Å². The van der Waals surface area contributed by atoms with Crippen molar-refractivity contribution < 1.29 is 19.1 Å². The van der Waals surface area contributed by atoms with Gasteiger partial charge >= 0.3 is 5.97 Å². The van der Waals surface area contributed by atoms with Crippen LogP contribution in [0.15, 0.2) is 22.6 Å². The minimum absolute atomic E-state index is 0.210. The number of benzene rings is 1. The summed E-state index contributed by atoms with van der Waals surface area (Å²) >= 11 is 0. The Balaban J connectivity index is 1.82. The number of morpholine rings is 1. The summed E-state index contributed by atoms with van der Waals surface area (Å²) in [6.07, 6.45) is 0. The number of fused-ring (bicyclic) bond motifs is 1. The van der Waals surface area contributed by atoms with E-state index in [1.165, 1.54) is 12.1 Å². The molecule has 0 radical (unpaired) electrons. The van der Waals surface area contributed by atoms with Gasteiger partial charge < -0.3 is 14.3 Å². The standard InChI is InChI=1S/C13H14N2O4/c16-13(17)9-1-2-10-11(7-9)19-12(14-10)8-15-3-5-18-6-4-15/h1-2,7H,3-6,8H2,(H,16,17). The third kappa shape index (κ3) is 2.59. The van der Waals surface area contributed by atoms with Crippen molar-refractivity contribution in [2.45, 2.75) is 6.54 Å². The van der Waals surface area contributed by atoms with Gasteiger partial charge in [0, 0.05) is 13.1 Å². The molecule has 2 aromatic rings. The summed E-state index contributed by atoms with van der Waals surface area (Å²) in [6.45, 7) is 3.80. The number of hydrogen-bond acceptors (Lipinski definition) is 5. The molecule has 0 atom stereocenters. The average Bonchev–Trinajstić information content (AvgIpc) is 2.80. The van der Waals surface area contributed by atoms with Gasteiger partial charge in [0.15, 0.2) is 5.58 Å². The molecule has 100 valence electrons. The first-order valence-corrected chi connectivity index (χ1v) is 6.15. The van der Waals surface area contributed by atoms with Crippen LogP contribution in [0.3, 0.4) is 0 Å². The maximum Gasteiger partial charge on any atom is 0.335 e. The van der Waals surface area contributed by atoms with Gasteiger partial charge in [-0.15, -0.1) is 0 Å². The first-order chi connectivity index (χ1) is 9.22. The van der Waals surface area contributed by atoms with Crippen molar-refractivity contribution in [3.63, 3.8) is 0 Å². The van der Waals surface area contributed by atoms with Gasteiger partial charge in [-0.25, -0.2) is 9.78 Å². The number of rotatable bonds is 3. The lowest BCUT2D eigenvalue weighted by Crippen LogP contribution is -2.35. The molecule has 1 fully saturated rings. The highest BCUT2D eigenvalue weighted by Crippen LogP contribution is 2.18. The highest BCUT2D eigenvalue weighted by Gasteiger charge is 2.15. The van der Waals surface area contributed by atoms with Gasteiger partial charge in [-0.05, 0) is 18.2 Å². The van der Waals surface area contributed by atoms with Gasteiger partial charge in [0.2, 0.25) is 5.89 Å². The lowest BCUT2D eigenvalue weighted by atomic mass is 10.2. The number of carboxylic acid groups (broad SMARTS) is 1. The van der Waals surface area contributed by atoms with Crippen molar-refractivity contribution in [2.24, 2.45) is 0 Å². The number of ether oxygens (including phenoxy) is 1. The molecule has 0 amide bonds. The van der Waals surface area contributed by atoms with E-state index in [2.05, 4.69) is 9.88 Å². The van der Waals surface area contributed by atoms with E-state index in [4.69, 9.17) is 14.3 Å². The van der Waals surface area contributed by atoms with Crippen LogP contribution in [0.5, 0.6) is 0 Å². The Bertz CT molecular complexity index is 602. The van der Waals surface area contributed by atoms with Gasteiger partial charge in [-0.1, -0.05) is 0 Å². The van der Waals surface area contributed by atoms with Crippen LogP contribution >= 0.6 is 0 Å². The summed E-state index contributed by atoms with van der Waals surface area (Å²) in [7, 11) is 0. The molecule has 1 aliphatic rings. The second kappa shape index (κ2) is 4.99. The quantitative estimate of drug-likeness (QED) is 0.900. The lowest BCUT2D eigenvalue weighted by molar-refractivity contribution is 0.0308. The molecular formula is C13H14N2O4. The van der Waals surface area contributed by atoms with Crippen LogP contribution in [0.25, 0.3) is 11.1 Å². The fraction of sp³-hybridized carbons (Fsp3) is 0.385. The first kappa shape index (κ1) is 12.1. The Morgan fingerprint density at radius 1 is 1.37 bits per heavy atom. The fourth-order valence-corrected chi connectivity index (χ4v) is 2.12. The van der Waals surface area contributed by atoms with Crippen molar-refractivity contribution in [1.29, 1.82) is 0 Å². The van der Waals surface area contributed by atoms with E-state index >= 15 is 0 Å². The fourth-order valence-electron chi connectivity index (χ4n) is 2.12. The molecule has 6 heteroatoms. The van der Waals surface area contributed by atoms with Crippen molar-refractivity contribution >= 4 is 17.1 Å². The molecule has 1 aromatic carbocycles. The summed E-state index contributed by atoms with van der Waals surface area (Å²) < 4.78 is 10.9. The number of carbonyl (C=O) groups is 1. The number of aromatic nitrogens is 1. The van der Waals surface area contributed by atoms with Crippen molar-refractivity contribution in [1.82, 2.24) is 9.88 Å². The maximum atomic E-state index is 10.9. The maximum absolute atomic E-state index is 10.9. The van der Waals surface area contributed by atoms with E-state index < -0.39 is 5.97 Å². The molecule has 0 saturated carbocycles. The van der Waals surface area contributed by atoms with E-state index in [1.807, 2.05) is 0 Å². The topological polar surface area (TPSA) is 75.8 Å². The van der Waals surface area contributed by atoms with Crippen LogP contribution < -0.4 is 0 Å². The SMILES string of the molecule is O=C(O)c1ccc2nc(CN3CCOCC3)oc2c1. The zero-order chi connectivity index (χ0) is 13.2. The van der Waals surface area contributed by atoms with Crippen LogP contribution in [0.1, 0.15) is 16.2 Å². The molecule has 0 bridgehead atoms. The van der Waals surface area contributed by atoms with Gasteiger partial charge in [0.05, 0.1) is 25.3 Å². The normalized spacial score (nSPS) is 16.8. The Morgan fingerprint density at radius 2 is 2.16 bits per heavy atom. The number of nitrogens with zero attached hydrogens (tertiary/aromatic N) is 2. The molecule has 1 aromatic heterocycles. The van der Waals surface area contributed by atoms with E-state index in [1.54, 1.807) is 6.07 Å². The summed E-state index contributed by atoms with van der Waals surface area (Å²) in [5, 5.41) is 8.93. The van der Waals surface area contributed by atoms with E-state index in [-0.39, 0.29) is 5.56 Å². The summed E-state index contributed by atoms with van der Waals surface area (Å²) in [6, 6.07) is 4.71. The molecular weight excluding hydrogens is 248 g/mol. The van der Waals surface area contributed by atoms with Crippen molar-refractivity contribution in [3.05, 3.63) is 29.7 Å². The van der Waals surface area contributed by atoms with Crippen LogP contribution in [0.4, 0.5) is 0 Å². The second-order valence-corrected chi connectivity index (χ2v) is 4.48. The van der Waals surface area contributed by atoms with Crippen molar-refractivity contribution in [3.8, 4) is 0 Å². The van der Waals surface area contributed by atoms with Crippen LogP contribution in [0, 0.1) is 0 Å². The third-order valence-electron chi connectivity index (χ3n) is 3.14. The minimum Gasteiger partial charge on any atom is -0.478 e. The smallest absolute Gasteiger partial charge is 0.335 e. The van der Waals surface area contributed by atoms with Gasteiger partial charge in [-0.3, -0.25) is 4.90 Å². The van der Waals surface area contributed by atoms with Gasteiger partial charge in [0.1, 0.15) is 5.52 Å². The van der Waals surface area contributed by atoms with Gasteiger partial charge in [0.25, 0.3) is 0 Å². The monoisotopic (exact) mass is 262 g/mol. The molecule has 0 unspecified atom stereocenters. The molecule has 1 N–H and O–H groups in total. The Kier molecular flexibility index (Phi) is 3.18. The second-order valence-electron chi connectivity index (χ2n) is 4.48. The number of oxazole rings is 1. The number of carboxylic acids is 1. The zero-order valence-electron chi connectivity index (χ0n) is 10.3. The van der Waals surface area contributed by atoms with Crippen LogP contribution in [0.2, 0.25) is 0 Å². The predicted molar refractivity (Wildman–Crippen MR) is 67.1 cm³/mol. The van der Waals surface area contributed by atoms with Crippen molar-refractivity contribution in [2.75, 3.05) is 26.3 Å². The molecule has 1 aliphatic heterocycles. The number of aromatic carboxylic acids is 1. The summed E-state index contributed by atoms with van der Waals surface area (Å²) in [5.41, 5.74) is 1.41. The molecule has 2 heterocycles. The Morgan fingerprint density at radius 3 is 2.89 bits per heavy atom. The average molecular weight is 262 g/mol. The lowest BCUT2D eigenvalue weighted by Gasteiger charge is -2.24. The first-order valence-electron chi connectivity index (χ1n) is 6.15.